The average Bonchev–Trinajstić information content (AvgIpc) is 2.58. The van der Waals surface area contributed by atoms with Crippen LogP contribution in [-0.2, 0) is 7.05 Å². The van der Waals surface area contributed by atoms with E-state index in [2.05, 4.69) is 21.0 Å². The van der Waals surface area contributed by atoms with Gasteiger partial charge in [-0.15, -0.1) is 0 Å². The molecular weight excluding hydrogens is 318 g/mol. The number of carbonyl (C=O) groups is 1. The fraction of sp³-hybridized carbons (Fsp3) is 0.231. The van der Waals surface area contributed by atoms with Gasteiger partial charge in [0.05, 0.1) is 21.3 Å². The van der Waals surface area contributed by atoms with Crippen LogP contribution in [0.15, 0.2) is 16.6 Å². The molecule has 0 atom stereocenters. The van der Waals surface area contributed by atoms with E-state index in [1.165, 1.54) is 10.7 Å². The summed E-state index contributed by atoms with van der Waals surface area (Å²) in [6, 6.07) is 2.28. The Morgan fingerprint density at radius 3 is 2.42 bits per heavy atom. The molecule has 0 N–H and O–H groups in total. The van der Waals surface area contributed by atoms with E-state index in [0.29, 0.717) is 11.4 Å². The quantitative estimate of drug-likeness (QED) is 0.626. The second kappa shape index (κ2) is 4.85. The number of ketones is 1. The lowest BCUT2D eigenvalue weighted by Gasteiger charge is -2.06. The van der Waals surface area contributed by atoms with Crippen LogP contribution in [0.4, 0.5) is 8.78 Å². The van der Waals surface area contributed by atoms with Crippen molar-refractivity contribution in [3.05, 3.63) is 50.8 Å². The maximum atomic E-state index is 13.9. The molecular formula is C13H11BrF2N2O. The first-order chi connectivity index (χ1) is 8.84. The van der Waals surface area contributed by atoms with Crippen molar-refractivity contribution in [1.82, 2.24) is 9.78 Å². The maximum absolute atomic E-state index is 13.9. The van der Waals surface area contributed by atoms with Gasteiger partial charge in [-0.05, 0) is 41.9 Å². The van der Waals surface area contributed by atoms with Crippen LogP contribution in [0.5, 0.6) is 0 Å². The van der Waals surface area contributed by atoms with Gasteiger partial charge in [-0.2, -0.15) is 5.10 Å². The number of aromatic nitrogens is 2. The molecule has 0 bridgehead atoms. The van der Waals surface area contributed by atoms with E-state index in [1.807, 2.05) is 0 Å². The average molecular weight is 329 g/mol. The Balaban J connectivity index is 2.66. The fourth-order valence-corrected chi connectivity index (χ4v) is 2.29. The van der Waals surface area contributed by atoms with Crippen LogP contribution in [0.3, 0.4) is 0 Å². The zero-order chi connectivity index (χ0) is 14.3. The Morgan fingerprint density at radius 2 is 1.89 bits per heavy atom. The van der Waals surface area contributed by atoms with Gasteiger partial charge in [0.2, 0.25) is 5.78 Å². The predicted molar refractivity (Wildman–Crippen MR) is 70.2 cm³/mol. The lowest BCUT2D eigenvalue weighted by Crippen LogP contribution is -2.10. The molecule has 0 aliphatic heterocycles. The first kappa shape index (κ1) is 13.9. The molecule has 19 heavy (non-hydrogen) atoms. The van der Waals surface area contributed by atoms with E-state index in [0.717, 1.165) is 6.07 Å². The largest absolute Gasteiger partial charge is 0.288 e. The van der Waals surface area contributed by atoms with Crippen LogP contribution in [-0.4, -0.2) is 15.6 Å². The predicted octanol–water partition coefficient (Wildman–Crippen LogP) is 3.31. The number of halogens is 3. The van der Waals surface area contributed by atoms with Crippen molar-refractivity contribution in [1.29, 1.82) is 0 Å². The highest BCUT2D eigenvalue weighted by molar-refractivity contribution is 9.10. The van der Waals surface area contributed by atoms with Gasteiger partial charge in [0.1, 0.15) is 5.82 Å². The molecule has 0 unspecified atom stereocenters. The third-order valence-electron chi connectivity index (χ3n) is 3.01. The summed E-state index contributed by atoms with van der Waals surface area (Å²) in [6.07, 6.45) is 0. The highest BCUT2D eigenvalue weighted by atomic mass is 79.9. The van der Waals surface area contributed by atoms with Gasteiger partial charge in [-0.25, -0.2) is 8.78 Å². The van der Waals surface area contributed by atoms with E-state index < -0.39 is 23.0 Å². The van der Waals surface area contributed by atoms with Gasteiger partial charge < -0.3 is 0 Å². The topological polar surface area (TPSA) is 34.9 Å². The molecule has 6 heteroatoms. The van der Waals surface area contributed by atoms with Crippen LogP contribution in [0, 0.1) is 25.5 Å². The van der Waals surface area contributed by atoms with Crippen molar-refractivity contribution in [2.24, 2.45) is 7.05 Å². The summed E-state index contributed by atoms with van der Waals surface area (Å²) in [6.45, 7) is 3.31. The highest BCUT2D eigenvalue weighted by Crippen LogP contribution is 2.26. The second-order valence-electron chi connectivity index (χ2n) is 4.22. The summed E-state index contributed by atoms with van der Waals surface area (Å²) in [5.74, 6) is -2.47. The van der Waals surface area contributed by atoms with Crippen molar-refractivity contribution in [2.45, 2.75) is 13.8 Å². The van der Waals surface area contributed by atoms with E-state index >= 15 is 0 Å². The molecule has 2 aromatic rings. The summed E-state index contributed by atoms with van der Waals surface area (Å²) in [5, 5.41) is 4.08. The van der Waals surface area contributed by atoms with E-state index in [-0.39, 0.29) is 10.0 Å². The lowest BCUT2D eigenvalue weighted by molar-refractivity contribution is 0.102. The smallest absolute Gasteiger partial charge is 0.202 e. The van der Waals surface area contributed by atoms with E-state index in [1.54, 1.807) is 20.9 Å². The number of carbonyl (C=O) groups excluding carboxylic acids is 1. The molecule has 2 rings (SSSR count). The molecule has 1 aromatic carbocycles. The molecule has 0 fully saturated rings. The Bertz CT molecular complexity index is 680. The number of nitrogens with zero attached hydrogens (tertiary/aromatic N) is 2. The standard InChI is InChI=1S/C13H11BrF2N2O/c1-6-10(7(2)18(3)17-6)13(19)11-9(15)5-4-8(14)12(11)16/h4-5H,1-3H3. The van der Waals surface area contributed by atoms with E-state index in [9.17, 15) is 13.6 Å². The molecule has 0 aliphatic carbocycles. The number of benzene rings is 1. The minimum Gasteiger partial charge on any atom is -0.288 e. The van der Waals surface area contributed by atoms with Gasteiger partial charge in [-0.1, -0.05) is 0 Å². The Morgan fingerprint density at radius 1 is 1.26 bits per heavy atom. The zero-order valence-electron chi connectivity index (χ0n) is 10.6. The lowest BCUT2D eigenvalue weighted by atomic mass is 10.0. The Hall–Kier alpha value is -1.56. The van der Waals surface area contributed by atoms with Crippen LogP contribution in [0.2, 0.25) is 0 Å². The number of hydrogen-bond acceptors (Lipinski definition) is 2. The van der Waals surface area contributed by atoms with Gasteiger partial charge in [-0.3, -0.25) is 9.48 Å². The minimum absolute atomic E-state index is 0.0523. The van der Waals surface area contributed by atoms with E-state index in [4.69, 9.17) is 0 Å². The van der Waals surface area contributed by atoms with Crippen LogP contribution in [0.25, 0.3) is 0 Å². The normalized spacial score (nSPS) is 10.8. The molecule has 100 valence electrons. The van der Waals surface area contributed by atoms with Crippen molar-refractivity contribution >= 4 is 21.7 Å². The second-order valence-corrected chi connectivity index (χ2v) is 5.07. The van der Waals surface area contributed by atoms with Crippen LogP contribution in [0.1, 0.15) is 27.3 Å². The van der Waals surface area contributed by atoms with Crippen LogP contribution < -0.4 is 0 Å². The number of aryl methyl sites for hydroxylation is 2. The van der Waals surface area contributed by atoms with Crippen LogP contribution >= 0.6 is 15.9 Å². The van der Waals surface area contributed by atoms with Crippen molar-refractivity contribution < 1.29 is 13.6 Å². The molecule has 0 saturated carbocycles. The monoisotopic (exact) mass is 328 g/mol. The Labute approximate surface area is 117 Å². The molecule has 1 aromatic heterocycles. The van der Waals surface area contributed by atoms with Gasteiger partial charge in [0.25, 0.3) is 0 Å². The maximum Gasteiger partial charge on any atom is 0.202 e. The third kappa shape index (κ3) is 2.20. The van der Waals surface area contributed by atoms with Crippen molar-refractivity contribution in [3.63, 3.8) is 0 Å². The minimum atomic E-state index is -0.896. The Kier molecular flexibility index (Phi) is 3.54. The number of rotatable bonds is 2. The molecule has 1 heterocycles. The first-order valence-electron chi connectivity index (χ1n) is 5.53. The third-order valence-corrected chi connectivity index (χ3v) is 3.62. The van der Waals surface area contributed by atoms with Gasteiger partial charge >= 0.3 is 0 Å². The SMILES string of the molecule is Cc1nn(C)c(C)c1C(=O)c1c(F)ccc(Br)c1F. The van der Waals surface area contributed by atoms with Crippen molar-refractivity contribution in [2.75, 3.05) is 0 Å². The summed E-state index contributed by atoms with van der Waals surface area (Å²) < 4.78 is 29.2. The summed E-state index contributed by atoms with van der Waals surface area (Å²) in [4.78, 5) is 12.3. The first-order valence-corrected chi connectivity index (χ1v) is 6.32. The zero-order valence-corrected chi connectivity index (χ0v) is 12.2. The molecule has 0 saturated heterocycles. The molecule has 0 radical (unpaired) electrons. The fourth-order valence-electron chi connectivity index (χ4n) is 1.96. The van der Waals surface area contributed by atoms with Gasteiger partial charge in [0.15, 0.2) is 5.82 Å². The van der Waals surface area contributed by atoms with Gasteiger partial charge in [0, 0.05) is 12.7 Å². The molecule has 0 amide bonds. The molecule has 0 aliphatic rings. The van der Waals surface area contributed by atoms with Crippen molar-refractivity contribution in [3.8, 4) is 0 Å². The molecule has 3 nitrogen and oxygen atoms in total. The summed E-state index contributed by atoms with van der Waals surface area (Å²) in [7, 11) is 1.67. The molecule has 0 spiro atoms. The number of hydrogen-bond donors (Lipinski definition) is 0. The highest BCUT2D eigenvalue weighted by Gasteiger charge is 2.25. The summed E-state index contributed by atoms with van der Waals surface area (Å²) >= 11 is 2.95. The summed E-state index contributed by atoms with van der Waals surface area (Å²) in [5.41, 5.74) is 0.692.